The number of rotatable bonds is 4. The van der Waals surface area contributed by atoms with Crippen LogP contribution in [0.3, 0.4) is 0 Å². The quantitative estimate of drug-likeness (QED) is 0.585. The van der Waals surface area contributed by atoms with Crippen LogP contribution in [0.4, 0.5) is 8.78 Å². The van der Waals surface area contributed by atoms with E-state index in [2.05, 4.69) is 14.7 Å². The van der Waals surface area contributed by atoms with Crippen molar-refractivity contribution < 1.29 is 23.0 Å². The molecule has 132 valence electrons. The summed E-state index contributed by atoms with van der Waals surface area (Å²) in [6, 6.07) is 11.0. The van der Waals surface area contributed by atoms with Gasteiger partial charge in [-0.3, -0.25) is 0 Å². The average Bonchev–Trinajstić information content (AvgIpc) is 3.04. The Hall–Kier alpha value is -3.06. The number of para-hydroxylation sites is 1. The maximum atomic E-state index is 12.4. The van der Waals surface area contributed by atoms with Gasteiger partial charge in [0.1, 0.15) is 11.3 Å². The SMILES string of the molecule is Cc1cc(-c2cc3cccc(CO)c3o2)c2ncc(OC(F)F)nc2c1. The highest BCUT2D eigenvalue weighted by Gasteiger charge is 2.15. The van der Waals surface area contributed by atoms with Gasteiger partial charge in [-0.1, -0.05) is 18.2 Å². The molecular formula is C19H14F2N2O3. The molecular weight excluding hydrogens is 342 g/mol. The molecule has 7 heteroatoms. The van der Waals surface area contributed by atoms with Crippen LogP contribution in [0.5, 0.6) is 5.88 Å². The molecule has 0 bridgehead atoms. The minimum Gasteiger partial charge on any atom is -0.456 e. The van der Waals surface area contributed by atoms with Crippen LogP contribution in [0.15, 0.2) is 47.0 Å². The van der Waals surface area contributed by atoms with Crippen molar-refractivity contribution in [3.63, 3.8) is 0 Å². The molecule has 2 aromatic heterocycles. The molecule has 0 saturated carbocycles. The van der Waals surface area contributed by atoms with Gasteiger partial charge in [0.25, 0.3) is 0 Å². The predicted octanol–water partition coefficient (Wildman–Crippen LogP) is 4.45. The number of hydrogen-bond acceptors (Lipinski definition) is 5. The van der Waals surface area contributed by atoms with E-state index < -0.39 is 6.61 Å². The third-order valence-electron chi connectivity index (χ3n) is 4.04. The van der Waals surface area contributed by atoms with Crippen molar-refractivity contribution in [3.05, 3.63) is 53.7 Å². The predicted molar refractivity (Wildman–Crippen MR) is 92.0 cm³/mol. The van der Waals surface area contributed by atoms with Crippen LogP contribution in [0.25, 0.3) is 33.3 Å². The van der Waals surface area contributed by atoms with Crippen molar-refractivity contribution in [3.8, 4) is 17.2 Å². The Morgan fingerprint density at radius 1 is 1.23 bits per heavy atom. The number of aryl methyl sites for hydroxylation is 1. The molecule has 0 radical (unpaired) electrons. The largest absolute Gasteiger partial charge is 0.456 e. The molecule has 0 unspecified atom stereocenters. The molecule has 26 heavy (non-hydrogen) atoms. The average molecular weight is 356 g/mol. The van der Waals surface area contributed by atoms with Gasteiger partial charge in [-0.2, -0.15) is 8.78 Å². The lowest BCUT2D eigenvalue weighted by Gasteiger charge is -2.07. The number of nitrogens with zero attached hydrogens (tertiary/aromatic N) is 2. The van der Waals surface area contributed by atoms with Crippen LogP contribution in [0, 0.1) is 6.92 Å². The van der Waals surface area contributed by atoms with E-state index >= 15 is 0 Å². The third-order valence-corrected chi connectivity index (χ3v) is 4.04. The summed E-state index contributed by atoms with van der Waals surface area (Å²) in [7, 11) is 0. The summed E-state index contributed by atoms with van der Waals surface area (Å²) in [5, 5.41) is 10.3. The Morgan fingerprint density at radius 3 is 2.85 bits per heavy atom. The second-order valence-corrected chi connectivity index (χ2v) is 5.87. The fourth-order valence-electron chi connectivity index (χ4n) is 2.96. The first-order valence-electron chi connectivity index (χ1n) is 7.90. The van der Waals surface area contributed by atoms with Gasteiger partial charge in [0.05, 0.1) is 23.8 Å². The molecule has 0 fully saturated rings. The Bertz CT molecular complexity index is 1110. The van der Waals surface area contributed by atoms with E-state index in [4.69, 9.17) is 4.42 Å². The number of aromatic nitrogens is 2. The first-order valence-corrected chi connectivity index (χ1v) is 7.90. The number of ether oxygens (including phenoxy) is 1. The number of alkyl halides is 2. The number of benzene rings is 2. The summed E-state index contributed by atoms with van der Waals surface area (Å²) in [5.41, 5.74) is 3.80. The lowest BCUT2D eigenvalue weighted by atomic mass is 10.1. The highest BCUT2D eigenvalue weighted by molar-refractivity contribution is 5.94. The second kappa shape index (κ2) is 6.34. The summed E-state index contributed by atoms with van der Waals surface area (Å²) in [6.45, 7) is -1.22. The molecule has 0 spiro atoms. The fraction of sp³-hybridized carbons (Fsp3) is 0.158. The van der Waals surface area contributed by atoms with E-state index in [1.165, 1.54) is 0 Å². The summed E-state index contributed by atoms with van der Waals surface area (Å²) >= 11 is 0. The van der Waals surface area contributed by atoms with Gasteiger partial charge in [-0.15, -0.1) is 0 Å². The Balaban J connectivity index is 1.91. The number of fused-ring (bicyclic) bond motifs is 2. The number of hydrogen-bond donors (Lipinski definition) is 1. The van der Waals surface area contributed by atoms with E-state index in [9.17, 15) is 13.9 Å². The summed E-state index contributed by atoms with van der Waals surface area (Å²) in [4.78, 5) is 8.34. The Morgan fingerprint density at radius 2 is 2.08 bits per heavy atom. The summed E-state index contributed by atoms with van der Waals surface area (Å²) in [6.07, 6.45) is 1.16. The normalized spacial score (nSPS) is 11.6. The van der Waals surface area contributed by atoms with E-state index in [1.54, 1.807) is 12.1 Å². The zero-order valence-corrected chi connectivity index (χ0v) is 13.7. The van der Waals surface area contributed by atoms with Crippen LogP contribution < -0.4 is 4.74 Å². The highest BCUT2D eigenvalue weighted by Crippen LogP contribution is 2.34. The van der Waals surface area contributed by atoms with Crippen LogP contribution in [0.1, 0.15) is 11.1 Å². The Labute approximate surface area is 146 Å². The number of furan rings is 1. The molecule has 2 aromatic carbocycles. The van der Waals surface area contributed by atoms with E-state index in [0.717, 1.165) is 17.1 Å². The van der Waals surface area contributed by atoms with Gasteiger partial charge in [0, 0.05) is 16.5 Å². The first kappa shape index (κ1) is 16.4. The minimum absolute atomic E-state index is 0.132. The van der Waals surface area contributed by atoms with Gasteiger partial charge >= 0.3 is 6.61 Å². The number of halogens is 2. The van der Waals surface area contributed by atoms with Crippen molar-refractivity contribution in [1.82, 2.24) is 9.97 Å². The maximum absolute atomic E-state index is 12.4. The monoisotopic (exact) mass is 356 g/mol. The first-order chi connectivity index (χ1) is 12.5. The molecule has 0 saturated heterocycles. The van der Waals surface area contributed by atoms with Gasteiger partial charge in [-0.05, 0) is 30.7 Å². The molecule has 4 rings (SSSR count). The standard InChI is InChI=1S/C19H14F2N2O3/c1-10-5-13(15-7-11-3-2-4-12(9-24)18(11)25-15)17-14(6-10)23-16(8-22-17)26-19(20)21/h2-8,19,24H,9H2,1H3. The van der Waals surface area contributed by atoms with Crippen LogP contribution >= 0.6 is 0 Å². The van der Waals surface area contributed by atoms with E-state index in [0.29, 0.717) is 33.5 Å². The number of aliphatic hydroxyl groups excluding tert-OH is 1. The molecule has 1 N–H and O–H groups in total. The topological polar surface area (TPSA) is 68.4 Å². The molecule has 0 aliphatic heterocycles. The molecule has 0 aliphatic carbocycles. The van der Waals surface area contributed by atoms with Crippen LogP contribution in [0.2, 0.25) is 0 Å². The molecule has 0 amide bonds. The van der Waals surface area contributed by atoms with Gasteiger partial charge in [-0.25, -0.2) is 9.97 Å². The van der Waals surface area contributed by atoms with Crippen LogP contribution in [-0.2, 0) is 6.61 Å². The van der Waals surface area contributed by atoms with Crippen LogP contribution in [-0.4, -0.2) is 21.7 Å². The summed E-state index contributed by atoms with van der Waals surface area (Å²) < 4.78 is 35.1. The van der Waals surface area contributed by atoms with Crippen molar-refractivity contribution in [2.75, 3.05) is 0 Å². The van der Waals surface area contributed by atoms with E-state index in [1.807, 2.05) is 31.2 Å². The molecule has 2 heterocycles. The van der Waals surface area contributed by atoms with Crippen molar-refractivity contribution in [2.24, 2.45) is 0 Å². The molecule has 5 nitrogen and oxygen atoms in total. The van der Waals surface area contributed by atoms with Gasteiger partial charge in [0.2, 0.25) is 5.88 Å². The smallest absolute Gasteiger partial charge is 0.388 e. The minimum atomic E-state index is -2.96. The molecule has 0 aliphatic rings. The van der Waals surface area contributed by atoms with E-state index in [-0.39, 0.29) is 12.5 Å². The third kappa shape index (κ3) is 2.86. The lowest BCUT2D eigenvalue weighted by molar-refractivity contribution is -0.0528. The summed E-state index contributed by atoms with van der Waals surface area (Å²) in [5.74, 6) is 0.322. The zero-order chi connectivity index (χ0) is 18.3. The van der Waals surface area contributed by atoms with Crippen molar-refractivity contribution in [2.45, 2.75) is 20.1 Å². The van der Waals surface area contributed by atoms with Gasteiger partial charge in [0.15, 0.2) is 0 Å². The lowest BCUT2D eigenvalue weighted by Crippen LogP contribution is -2.04. The fourth-order valence-corrected chi connectivity index (χ4v) is 2.96. The van der Waals surface area contributed by atoms with Gasteiger partial charge < -0.3 is 14.3 Å². The maximum Gasteiger partial charge on any atom is 0.388 e. The second-order valence-electron chi connectivity index (χ2n) is 5.87. The molecule has 0 atom stereocenters. The zero-order valence-electron chi connectivity index (χ0n) is 13.7. The number of aliphatic hydroxyl groups is 1. The van der Waals surface area contributed by atoms with Crippen molar-refractivity contribution in [1.29, 1.82) is 0 Å². The molecule has 4 aromatic rings. The van der Waals surface area contributed by atoms with Crippen molar-refractivity contribution >= 4 is 22.0 Å². The Kier molecular flexibility index (Phi) is 4.00. The highest BCUT2D eigenvalue weighted by atomic mass is 19.3.